The van der Waals surface area contributed by atoms with Gasteiger partial charge in [0.2, 0.25) is 0 Å². The lowest BCUT2D eigenvalue weighted by Crippen LogP contribution is -2.43. The second-order valence-electron chi connectivity index (χ2n) is 8.78. The molecule has 5 rings (SSSR count). The Kier molecular flexibility index (Phi) is 5.71. The Labute approximate surface area is 191 Å². The zero-order valence-corrected chi connectivity index (χ0v) is 19.6. The second-order valence-corrected chi connectivity index (χ2v) is 12.4. The van der Waals surface area contributed by atoms with Crippen LogP contribution in [0.1, 0.15) is 31.2 Å². The first-order valence-corrected chi connectivity index (χ1v) is 13.8. The molecule has 2 aliphatic rings. The highest BCUT2D eigenvalue weighted by Gasteiger charge is 2.47. The molecule has 4 atom stereocenters. The number of rotatable bonds is 6. The van der Waals surface area contributed by atoms with Crippen LogP contribution in [0.4, 0.5) is 0 Å². The number of hydrogen-bond acceptors (Lipinski definition) is 6. The van der Waals surface area contributed by atoms with Gasteiger partial charge in [0.25, 0.3) is 5.19 Å². The van der Waals surface area contributed by atoms with Crippen LogP contribution in [0.5, 0.6) is 10.9 Å². The van der Waals surface area contributed by atoms with Crippen LogP contribution in [0.25, 0.3) is 10.2 Å². The molecule has 2 bridgehead atoms. The average Bonchev–Trinajstić information content (AvgIpc) is 3.24. The summed E-state index contributed by atoms with van der Waals surface area (Å²) in [7, 11) is -2.95. The molecule has 0 saturated heterocycles. The van der Waals surface area contributed by atoms with E-state index in [2.05, 4.69) is 22.4 Å². The number of nitrogens with zero attached hydrogens (tertiary/aromatic N) is 1. The van der Waals surface area contributed by atoms with Crippen molar-refractivity contribution in [2.24, 2.45) is 11.8 Å². The molecule has 8 heteroatoms. The third-order valence-corrected chi connectivity index (χ3v) is 9.45. The second kappa shape index (κ2) is 8.35. The minimum atomic E-state index is -2.95. The molecule has 2 saturated carbocycles. The maximum absolute atomic E-state index is 12.1. The number of fused-ring (bicyclic) bond motifs is 3. The highest BCUT2D eigenvalue weighted by atomic mass is 35.5. The normalized spacial score (nSPS) is 25.7. The van der Waals surface area contributed by atoms with Crippen LogP contribution in [-0.2, 0) is 16.4 Å². The van der Waals surface area contributed by atoms with Gasteiger partial charge in [0.05, 0.1) is 15.5 Å². The molecule has 0 spiro atoms. The van der Waals surface area contributed by atoms with Gasteiger partial charge in [0, 0.05) is 23.9 Å². The van der Waals surface area contributed by atoms with Crippen molar-refractivity contribution >= 4 is 43.0 Å². The lowest BCUT2D eigenvalue weighted by Gasteiger charge is -2.34. The van der Waals surface area contributed by atoms with Crippen molar-refractivity contribution in [2.75, 3.05) is 6.26 Å². The van der Waals surface area contributed by atoms with E-state index in [4.69, 9.17) is 16.3 Å². The van der Waals surface area contributed by atoms with Crippen molar-refractivity contribution in [3.63, 3.8) is 0 Å². The first kappa shape index (κ1) is 21.2. The molecule has 2 aliphatic carbocycles. The summed E-state index contributed by atoms with van der Waals surface area (Å²) in [6.07, 6.45) is 5.41. The molecule has 31 heavy (non-hydrogen) atoms. The summed E-state index contributed by atoms with van der Waals surface area (Å²) in [5.41, 5.74) is 2.06. The van der Waals surface area contributed by atoms with Gasteiger partial charge in [-0.1, -0.05) is 35.1 Å². The Hall–Kier alpha value is -1.67. The third-order valence-electron chi connectivity index (χ3n) is 6.56. The summed E-state index contributed by atoms with van der Waals surface area (Å²) < 4.78 is 31.2. The van der Waals surface area contributed by atoms with E-state index in [1.807, 2.05) is 30.3 Å². The summed E-state index contributed by atoms with van der Waals surface area (Å²) in [5.74, 6) is 1.37. The fourth-order valence-electron chi connectivity index (χ4n) is 5.30. The number of aromatic nitrogens is 1. The SMILES string of the molecule is CS(=O)(=O)C1[C@@H]2CC[C@H]1C[C@@H](NCc1ccc(Oc3nc4ccc(Cl)cc4s3)cc1)C2. The van der Waals surface area contributed by atoms with Gasteiger partial charge in [-0.15, -0.1) is 0 Å². The first-order chi connectivity index (χ1) is 14.8. The van der Waals surface area contributed by atoms with Crippen LogP contribution in [0.2, 0.25) is 5.02 Å². The van der Waals surface area contributed by atoms with Gasteiger partial charge in [-0.2, -0.15) is 0 Å². The largest absolute Gasteiger partial charge is 0.431 e. The third kappa shape index (κ3) is 4.60. The number of thiazole rings is 1. The fraction of sp³-hybridized carbons (Fsp3) is 0.435. The van der Waals surface area contributed by atoms with Crippen LogP contribution < -0.4 is 10.1 Å². The summed E-state index contributed by atoms with van der Waals surface area (Å²) in [4.78, 5) is 4.49. The van der Waals surface area contributed by atoms with E-state index in [1.54, 1.807) is 0 Å². The van der Waals surface area contributed by atoms with Gasteiger partial charge in [0.1, 0.15) is 5.75 Å². The van der Waals surface area contributed by atoms with Crippen molar-refractivity contribution in [2.45, 2.75) is 43.5 Å². The minimum Gasteiger partial charge on any atom is -0.431 e. The van der Waals surface area contributed by atoms with Crippen LogP contribution >= 0.6 is 22.9 Å². The Morgan fingerprint density at radius 2 is 1.84 bits per heavy atom. The molecule has 0 radical (unpaired) electrons. The molecule has 1 unspecified atom stereocenters. The first-order valence-electron chi connectivity index (χ1n) is 10.6. The van der Waals surface area contributed by atoms with Crippen molar-refractivity contribution in [1.82, 2.24) is 10.3 Å². The number of halogens is 1. The minimum absolute atomic E-state index is 0.125. The van der Waals surface area contributed by atoms with E-state index >= 15 is 0 Å². The molecule has 0 aliphatic heterocycles. The smallest absolute Gasteiger partial charge is 0.279 e. The van der Waals surface area contributed by atoms with E-state index in [-0.39, 0.29) is 5.25 Å². The summed E-state index contributed by atoms with van der Waals surface area (Å²) in [5, 5.41) is 4.81. The standard InChI is InChI=1S/C23H25ClN2O3S2/c1-31(27,28)22-15-4-5-16(22)11-18(10-15)25-13-14-2-7-19(8-3-14)29-23-26-20-9-6-17(24)12-21(20)30-23/h2-3,6-9,12,15-16,18,22,25H,4-5,10-11,13H2,1H3/t15-,16+,18+,22?. The Bertz CT molecular complexity index is 1180. The van der Waals surface area contributed by atoms with Crippen LogP contribution in [-0.4, -0.2) is 30.9 Å². The summed E-state index contributed by atoms with van der Waals surface area (Å²) in [6, 6.07) is 14.0. The summed E-state index contributed by atoms with van der Waals surface area (Å²) in [6.45, 7) is 0.771. The molecular formula is C23H25ClN2O3S2. The summed E-state index contributed by atoms with van der Waals surface area (Å²) >= 11 is 7.52. The number of hydrogen-bond donors (Lipinski definition) is 1. The molecule has 0 amide bonds. The lowest BCUT2D eigenvalue weighted by atomic mass is 9.85. The van der Waals surface area contributed by atoms with Gasteiger partial charge in [-0.05, 0) is 73.4 Å². The Morgan fingerprint density at radius 3 is 2.52 bits per heavy atom. The topological polar surface area (TPSA) is 68.3 Å². The fourth-order valence-corrected chi connectivity index (χ4v) is 8.30. The van der Waals surface area contributed by atoms with Gasteiger partial charge < -0.3 is 10.1 Å². The van der Waals surface area contributed by atoms with Gasteiger partial charge in [-0.25, -0.2) is 13.4 Å². The number of sulfone groups is 1. The molecule has 2 fully saturated rings. The van der Waals surface area contributed by atoms with Gasteiger partial charge >= 0.3 is 0 Å². The highest BCUT2D eigenvalue weighted by Crippen LogP contribution is 2.45. The lowest BCUT2D eigenvalue weighted by molar-refractivity contribution is 0.281. The highest BCUT2D eigenvalue weighted by molar-refractivity contribution is 7.91. The molecule has 164 valence electrons. The molecule has 1 aromatic heterocycles. The zero-order valence-electron chi connectivity index (χ0n) is 17.3. The number of benzene rings is 2. The maximum Gasteiger partial charge on any atom is 0.279 e. The van der Waals surface area contributed by atoms with E-state index in [1.165, 1.54) is 23.2 Å². The quantitative estimate of drug-likeness (QED) is 0.513. The van der Waals surface area contributed by atoms with Crippen molar-refractivity contribution < 1.29 is 13.2 Å². The van der Waals surface area contributed by atoms with Crippen molar-refractivity contribution in [3.05, 3.63) is 53.1 Å². The monoisotopic (exact) mass is 476 g/mol. The van der Waals surface area contributed by atoms with E-state index in [0.29, 0.717) is 28.1 Å². The van der Waals surface area contributed by atoms with Crippen LogP contribution in [0, 0.1) is 11.8 Å². The molecule has 1 N–H and O–H groups in total. The zero-order chi connectivity index (χ0) is 21.6. The van der Waals surface area contributed by atoms with Crippen molar-refractivity contribution in [3.8, 4) is 10.9 Å². The Balaban J connectivity index is 1.17. The van der Waals surface area contributed by atoms with Gasteiger partial charge in [0.15, 0.2) is 9.84 Å². The predicted molar refractivity (Wildman–Crippen MR) is 126 cm³/mol. The van der Waals surface area contributed by atoms with Crippen molar-refractivity contribution in [1.29, 1.82) is 0 Å². The van der Waals surface area contributed by atoms with E-state index in [0.717, 1.165) is 48.2 Å². The molecule has 1 heterocycles. The maximum atomic E-state index is 12.1. The van der Waals surface area contributed by atoms with Crippen LogP contribution in [0.15, 0.2) is 42.5 Å². The Morgan fingerprint density at radius 1 is 1.13 bits per heavy atom. The molecule has 5 nitrogen and oxygen atoms in total. The number of nitrogens with one attached hydrogen (secondary N) is 1. The van der Waals surface area contributed by atoms with Crippen LogP contribution in [0.3, 0.4) is 0 Å². The molecule has 2 aromatic carbocycles. The van der Waals surface area contributed by atoms with E-state index in [9.17, 15) is 8.42 Å². The number of ether oxygens (including phenoxy) is 1. The van der Waals surface area contributed by atoms with Gasteiger partial charge in [-0.3, -0.25) is 0 Å². The molecule has 3 aromatic rings. The van der Waals surface area contributed by atoms with E-state index < -0.39 is 9.84 Å². The average molecular weight is 477 g/mol. The predicted octanol–water partition coefficient (Wildman–Crippen LogP) is 5.43. The molecular weight excluding hydrogens is 452 g/mol.